The fourth-order valence-corrected chi connectivity index (χ4v) is 2.42. The normalized spacial score (nSPS) is 36.0. The SMILES string of the molecule is O=S(=O)([O-])N[C@@H]1[C@@H](O)[C@H](O)[C@@H](COS(=O)(=O)[O-])O[C@@H]1O. The van der Waals surface area contributed by atoms with E-state index in [4.69, 9.17) is 0 Å². The fraction of sp³-hybridized carbons (Fsp3) is 1.00. The van der Waals surface area contributed by atoms with E-state index in [2.05, 4.69) is 8.92 Å². The smallest absolute Gasteiger partial charge is 0.217 e. The summed E-state index contributed by atoms with van der Waals surface area (Å²) in [7, 11) is -10.1. The Labute approximate surface area is 113 Å². The van der Waals surface area contributed by atoms with Gasteiger partial charge in [-0.25, -0.2) is 21.6 Å². The molecule has 0 aliphatic carbocycles. The van der Waals surface area contributed by atoms with Crippen molar-refractivity contribution in [1.29, 1.82) is 0 Å². The van der Waals surface area contributed by atoms with Crippen molar-refractivity contribution >= 4 is 20.7 Å². The maximum Gasteiger partial charge on any atom is 0.217 e. The zero-order chi connectivity index (χ0) is 15.7. The topological polar surface area (TPSA) is 206 Å². The van der Waals surface area contributed by atoms with Gasteiger partial charge in [0.15, 0.2) is 16.6 Å². The lowest BCUT2D eigenvalue weighted by atomic mass is 9.98. The fourth-order valence-electron chi connectivity index (χ4n) is 1.53. The molecule has 12 nitrogen and oxygen atoms in total. The molecular formula is C6H11NO11S2-2. The summed E-state index contributed by atoms with van der Waals surface area (Å²) in [6.07, 6.45) is -7.61. The zero-order valence-electron chi connectivity index (χ0n) is 9.52. The molecule has 1 rings (SSSR count). The summed E-state index contributed by atoms with van der Waals surface area (Å²) in [6.45, 7) is -1.02. The number of aliphatic hydroxyl groups is 3. The summed E-state index contributed by atoms with van der Waals surface area (Å²) in [6, 6.07) is -1.87. The molecule has 4 N–H and O–H groups in total. The van der Waals surface area contributed by atoms with Crippen LogP contribution in [0.1, 0.15) is 0 Å². The van der Waals surface area contributed by atoms with Crippen molar-refractivity contribution in [3.63, 3.8) is 0 Å². The third-order valence-corrected chi connectivity index (χ3v) is 3.36. The summed E-state index contributed by atoms with van der Waals surface area (Å²) in [4.78, 5) is 0. The highest BCUT2D eigenvalue weighted by Gasteiger charge is 2.44. The van der Waals surface area contributed by atoms with Crippen molar-refractivity contribution < 1.29 is 50.2 Å². The molecule has 20 heavy (non-hydrogen) atoms. The molecule has 0 bridgehead atoms. The highest BCUT2D eigenvalue weighted by Crippen LogP contribution is 2.21. The van der Waals surface area contributed by atoms with Gasteiger partial charge in [-0.2, -0.15) is 0 Å². The van der Waals surface area contributed by atoms with Crippen molar-refractivity contribution in [3.05, 3.63) is 0 Å². The maximum atomic E-state index is 10.5. The van der Waals surface area contributed by atoms with E-state index >= 15 is 0 Å². The van der Waals surface area contributed by atoms with Crippen molar-refractivity contribution in [3.8, 4) is 0 Å². The standard InChI is InChI=1S/C6H13NO11S2/c8-4-2(1-17-20(14,15)16)18-6(10)3(5(4)9)7-19(11,12)13/h2-10H,1H2,(H,11,12,13)(H,14,15,16)/p-2/t2-,3-,4-,5-,6+/m1/s1. The van der Waals surface area contributed by atoms with Crippen LogP contribution in [-0.2, 0) is 29.6 Å². The minimum absolute atomic E-state index is 1.02. The molecule has 0 saturated carbocycles. The van der Waals surface area contributed by atoms with Crippen LogP contribution in [0.4, 0.5) is 0 Å². The first-order valence-electron chi connectivity index (χ1n) is 4.94. The minimum Gasteiger partial charge on any atom is -0.735 e. The van der Waals surface area contributed by atoms with Crippen LogP contribution < -0.4 is 4.72 Å². The molecule has 5 atom stereocenters. The predicted molar refractivity (Wildman–Crippen MR) is 55.2 cm³/mol. The van der Waals surface area contributed by atoms with Gasteiger partial charge in [-0.15, -0.1) is 0 Å². The van der Waals surface area contributed by atoms with E-state index in [0.29, 0.717) is 0 Å². The Bertz CT molecular complexity index is 527. The van der Waals surface area contributed by atoms with Crippen LogP contribution in [0.25, 0.3) is 0 Å². The molecule has 1 aliphatic heterocycles. The Morgan fingerprint density at radius 3 is 2.10 bits per heavy atom. The third-order valence-electron chi connectivity index (χ3n) is 2.38. The molecule has 14 heteroatoms. The van der Waals surface area contributed by atoms with Gasteiger partial charge in [-0.05, 0) is 0 Å². The Morgan fingerprint density at radius 2 is 1.65 bits per heavy atom. The lowest BCUT2D eigenvalue weighted by Crippen LogP contribution is -2.64. The first-order valence-corrected chi connectivity index (χ1v) is 7.68. The van der Waals surface area contributed by atoms with Crippen LogP contribution in [-0.4, -0.2) is 78.5 Å². The molecule has 1 heterocycles. The first-order chi connectivity index (χ1) is 8.91. The van der Waals surface area contributed by atoms with Crippen LogP contribution in [0, 0.1) is 0 Å². The second kappa shape index (κ2) is 6.14. The molecule has 0 radical (unpaired) electrons. The average Bonchev–Trinajstić information content (AvgIpc) is 2.25. The van der Waals surface area contributed by atoms with E-state index < -0.39 is 58.0 Å². The highest BCUT2D eigenvalue weighted by atomic mass is 32.3. The van der Waals surface area contributed by atoms with Crippen LogP contribution >= 0.6 is 0 Å². The Balaban J connectivity index is 2.76. The van der Waals surface area contributed by atoms with E-state index in [1.54, 1.807) is 0 Å². The molecule has 1 saturated heterocycles. The van der Waals surface area contributed by atoms with Gasteiger partial charge >= 0.3 is 0 Å². The number of aliphatic hydroxyl groups excluding tert-OH is 3. The Morgan fingerprint density at radius 1 is 1.10 bits per heavy atom. The van der Waals surface area contributed by atoms with Gasteiger partial charge in [0.05, 0.1) is 12.6 Å². The van der Waals surface area contributed by atoms with Crippen LogP contribution in [0.2, 0.25) is 0 Å². The van der Waals surface area contributed by atoms with Crippen LogP contribution in [0.5, 0.6) is 0 Å². The molecule has 0 amide bonds. The van der Waals surface area contributed by atoms with Gasteiger partial charge in [-0.1, -0.05) is 0 Å². The van der Waals surface area contributed by atoms with Gasteiger partial charge in [0.2, 0.25) is 10.4 Å². The molecule has 120 valence electrons. The van der Waals surface area contributed by atoms with Crippen LogP contribution in [0.15, 0.2) is 0 Å². The van der Waals surface area contributed by atoms with Gasteiger partial charge in [0.25, 0.3) is 0 Å². The molecule has 0 aromatic carbocycles. The maximum absolute atomic E-state index is 10.5. The molecule has 0 aromatic rings. The van der Waals surface area contributed by atoms with Crippen molar-refractivity contribution in [1.82, 2.24) is 4.72 Å². The van der Waals surface area contributed by atoms with Gasteiger partial charge in [0.1, 0.15) is 18.3 Å². The van der Waals surface area contributed by atoms with Crippen LogP contribution in [0.3, 0.4) is 0 Å². The van der Waals surface area contributed by atoms with E-state index in [9.17, 15) is 41.3 Å². The van der Waals surface area contributed by atoms with E-state index in [1.807, 2.05) is 0 Å². The number of nitrogens with one attached hydrogen (secondary N) is 1. The van der Waals surface area contributed by atoms with Crippen molar-refractivity contribution in [2.45, 2.75) is 30.6 Å². The zero-order valence-corrected chi connectivity index (χ0v) is 11.2. The van der Waals surface area contributed by atoms with E-state index in [1.165, 1.54) is 4.72 Å². The predicted octanol–water partition coefficient (Wildman–Crippen LogP) is -4.68. The van der Waals surface area contributed by atoms with E-state index in [0.717, 1.165) is 0 Å². The molecule has 1 fully saturated rings. The van der Waals surface area contributed by atoms with Crippen molar-refractivity contribution in [2.75, 3.05) is 6.61 Å². The average molecular weight is 337 g/mol. The second-order valence-electron chi connectivity index (χ2n) is 3.84. The van der Waals surface area contributed by atoms with E-state index in [-0.39, 0.29) is 0 Å². The second-order valence-corrected chi connectivity index (χ2v) is 6.03. The first kappa shape index (κ1) is 17.6. The number of hydrogen-bond donors (Lipinski definition) is 4. The van der Waals surface area contributed by atoms with Gasteiger partial charge in [-0.3, -0.25) is 4.18 Å². The summed E-state index contributed by atoms with van der Waals surface area (Å²) < 4.78 is 71.7. The van der Waals surface area contributed by atoms with Gasteiger partial charge < -0.3 is 29.2 Å². The molecule has 0 aromatic heterocycles. The third kappa shape index (κ3) is 5.17. The van der Waals surface area contributed by atoms with Crippen molar-refractivity contribution in [2.24, 2.45) is 0 Å². The highest BCUT2D eigenvalue weighted by molar-refractivity contribution is 7.83. The lowest BCUT2D eigenvalue weighted by Gasteiger charge is -2.41. The van der Waals surface area contributed by atoms with Gasteiger partial charge in [0, 0.05) is 0 Å². The minimum atomic E-state index is -5.09. The summed E-state index contributed by atoms with van der Waals surface area (Å²) in [5.41, 5.74) is 0. The number of ether oxygens (including phenoxy) is 1. The quantitative estimate of drug-likeness (QED) is 0.277. The summed E-state index contributed by atoms with van der Waals surface area (Å²) >= 11 is 0. The Hall–Kier alpha value is -0.420. The number of hydrogen-bond acceptors (Lipinski definition) is 11. The molecule has 1 aliphatic rings. The molecular weight excluding hydrogens is 326 g/mol. The monoisotopic (exact) mass is 337 g/mol. The Kier molecular flexibility index (Phi) is 5.41. The summed E-state index contributed by atoms with van der Waals surface area (Å²) in [5, 5.41) is 28.4. The molecule has 0 unspecified atom stereocenters. The summed E-state index contributed by atoms with van der Waals surface area (Å²) in [5.74, 6) is 0. The lowest BCUT2D eigenvalue weighted by molar-refractivity contribution is -0.250. The number of rotatable bonds is 5. The molecule has 0 spiro atoms. The largest absolute Gasteiger partial charge is 0.735 e.